The van der Waals surface area contributed by atoms with Gasteiger partial charge in [-0.2, -0.15) is 0 Å². The molecule has 156 valence electrons. The van der Waals surface area contributed by atoms with Crippen LogP contribution in [0, 0.1) is 5.92 Å². The van der Waals surface area contributed by atoms with Crippen molar-refractivity contribution in [1.82, 2.24) is 4.90 Å². The van der Waals surface area contributed by atoms with Crippen molar-refractivity contribution in [2.24, 2.45) is 16.6 Å². The molecule has 2 aromatic rings. The summed E-state index contributed by atoms with van der Waals surface area (Å²) in [7, 11) is 0. The zero-order valence-electron chi connectivity index (χ0n) is 16.0. The summed E-state index contributed by atoms with van der Waals surface area (Å²) in [6.45, 7) is 3.70. The van der Waals surface area contributed by atoms with Gasteiger partial charge in [0.25, 0.3) is 0 Å². The average molecular weight is 406 g/mol. The minimum absolute atomic E-state index is 0.247. The molecule has 29 heavy (non-hydrogen) atoms. The Morgan fingerprint density at radius 2 is 1.86 bits per heavy atom. The summed E-state index contributed by atoms with van der Waals surface area (Å²) in [6.07, 6.45) is -2.59. The number of likely N-dealkylation sites (tertiary alicyclic amines) is 1. The maximum absolute atomic E-state index is 12.2. The van der Waals surface area contributed by atoms with Crippen molar-refractivity contribution in [3.63, 3.8) is 0 Å². The number of nitrogens with two attached hydrogens (primary N) is 1. The molecule has 1 atom stereocenters. The van der Waals surface area contributed by atoms with Crippen LogP contribution in [0.25, 0.3) is 0 Å². The largest absolute Gasteiger partial charge is 0.573 e. The molecule has 0 aromatic heterocycles. The Morgan fingerprint density at radius 1 is 1.14 bits per heavy atom. The van der Waals surface area contributed by atoms with Crippen LogP contribution in [0.2, 0.25) is 0 Å². The van der Waals surface area contributed by atoms with Crippen LogP contribution in [0.15, 0.2) is 59.6 Å². The van der Waals surface area contributed by atoms with E-state index in [1.165, 1.54) is 29.8 Å². The molecular formula is C21H25F3N4O. The van der Waals surface area contributed by atoms with E-state index in [0.29, 0.717) is 18.2 Å². The number of halogens is 3. The summed E-state index contributed by atoms with van der Waals surface area (Å²) in [6, 6.07) is 15.8. The van der Waals surface area contributed by atoms with E-state index in [4.69, 9.17) is 5.73 Å². The van der Waals surface area contributed by atoms with Gasteiger partial charge in [0.15, 0.2) is 5.96 Å². The van der Waals surface area contributed by atoms with Crippen molar-refractivity contribution in [2.45, 2.75) is 19.2 Å². The second kappa shape index (κ2) is 9.65. The fourth-order valence-corrected chi connectivity index (χ4v) is 3.35. The van der Waals surface area contributed by atoms with Crippen LogP contribution >= 0.6 is 0 Å². The number of rotatable bonds is 7. The van der Waals surface area contributed by atoms with E-state index < -0.39 is 6.36 Å². The molecule has 5 nitrogen and oxygen atoms in total. The lowest BCUT2D eigenvalue weighted by Gasteiger charge is -2.15. The summed E-state index contributed by atoms with van der Waals surface area (Å²) in [4.78, 5) is 6.82. The molecule has 1 unspecified atom stereocenters. The lowest BCUT2D eigenvalue weighted by atomic mass is 10.1. The maximum Gasteiger partial charge on any atom is 0.573 e. The van der Waals surface area contributed by atoms with Crippen LogP contribution in [-0.2, 0) is 6.42 Å². The number of guanidine groups is 1. The summed E-state index contributed by atoms with van der Waals surface area (Å²) in [5.41, 5.74) is 7.80. The first-order valence-corrected chi connectivity index (χ1v) is 9.56. The molecule has 3 rings (SSSR count). The Morgan fingerprint density at radius 3 is 2.55 bits per heavy atom. The molecule has 0 bridgehead atoms. The molecule has 0 aliphatic carbocycles. The molecule has 3 N–H and O–H groups in total. The summed E-state index contributed by atoms with van der Waals surface area (Å²) < 4.78 is 40.4. The highest BCUT2D eigenvalue weighted by molar-refractivity contribution is 5.92. The second-order valence-corrected chi connectivity index (χ2v) is 7.11. The van der Waals surface area contributed by atoms with Crippen molar-refractivity contribution >= 4 is 11.6 Å². The summed E-state index contributed by atoms with van der Waals surface area (Å²) >= 11 is 0. The highest BCUT2D eigenvalue weighted by Gasteiger charge is 2.31. The van der Waals surface area contributed by atoms with E-state index in [2.05, 4.69) is 44.2 Å². The minimum Gasteiger partial charge on any atom is -0.406 e. The monoisotopic (exact) mass is 406 g/mol. The molecule has 2 aromatic carbocycles. The molecule has 1 fully saturated rings. The van der Waals surface area contributed by atoms with E-state index >= 15 is 0 Å². The van der Waals surface area contributed by atoms with Crippen molar-refractivity contribution in [3.8, 4) is 5.75 Å². The van der Waals surface area contributed by atoms with Crippen molar-refractivity contribution in [1.29, 1.82) is 0 Å². The normalized spacial score (nSPS) is 18.0. The minimum atomic E-state index is -4.70. The van der Waals surface area contributed by atoms with Crippen LogP contribution in [0.4, 0.5) is 18.9 Å². The van der Waals surface area contributed by atoms with Crippen molar-refractivity contribution < 1.29 is 17.9 Å². The van der Waals surface area contributed by atoms with Crippen LogP contribution < -0.4 is 15.8 Å². The number of alkyl halides is 3. The van der Waals surface area contributed by atoms with Gasteiger partial charge in [0, 0.05) is 25.3 Å². The third-order valence-corrected chi connectivity index (χ3v) is 4.81. The average Bonchev–Trinajstić information content (AvgIpc) is 3.14. The van der Waals surface area contributed by atoms with Gasteiger partial charge in [-0.25, -0.2) is 0 Å². The number of ether oxygens (including phenoxy) is 1. The van der Waals surface area contributed by atoms with Crippen molar-refractivity contribution in [3.05, 3.63) is 60.2 Å². The predicted molar refractivity (Wildman–Crippen MR) is 108 cm³/mol. The Hall–Kier alpha value is -2.74. The first-order valence-electron chi connectivity index (χ1n) is 9.56. The molecule has 0 spiro atoms. The number of nitrogens with one attached hydrogen (secondary N) is 1. The van der Waals surface area contributed by atoms with Crippen LogP contribution in [0.1, 0.15) is 12.0 Å². The summed E-state index contributed by atoms with van der Waals surface area (Å²) in [5.74, 6) is 0.422. The standard InChI is InChI=1S/C21H25F3N4O/c22-21(23,24)29-19-8-6-18(7-9-19)27-20(25)26-14-17-11-13-28(15-17)12-10-16-4-2-1-3-5-16/h1-9,17H,10-15H2,(H3,25,26,27). The molecule has 1 aliphatic rings. The maximum atomic E-state index is 12.2. The van der Waals surface area contributed by atoms with E-state index in [1.54, 1.807) is 0 Å². The molecule has 1 aliphatic heterocycles. The third-order valence-electron chi connectivity index (χ3n) is 4.81. The lowest BCUT2D eigenvalue weighted by molar-refractivity contribution is -0.274. The van der Waals surface area contributed by atoms with E-state index in [0.717, 1.165) is 32.5 Å². The Labute approximate surface area is 168 Å². The number of aliphatic imine (C=N–C) groups is 1. The molecule has 0 saturated carbocycles. The number of anilines is 1. The Balaban J connectivity index is 1.40. The lowest BCUT2D eigenvalue weighted by Crippen LogP contribution is -2.26. The van der Waals surface area contributed by atoms with E-state index in [1.807, 2.05) is 6.07 Å². The topological polar surface area (TPSA) is 62.9 Å². The van der Waals surface area contributed by atoms with Gasteiger partial charge >= 0.3 is 6.36 Å². The first kappa shape index (κ1) is 21.0. The molecule has 1 saturated heterocycles. The molecule has 1 heterocycles. The van der Waals surface area contributed by atoms with Gasteiger partial charge in [-0.3, -0.25) is 4.99 Å². The highest BCUT2D eigenvalue weighted by Crippen LogP contribution is 2.24. The van der Waals surface area contributed by atoms with Crippen LogP contribution in [0.3, 0.4) is 0 Å². The smallest absolute Gasteiger partial charge is 0.406 e. The van der Waals surface area contributed by atoms with Crippen LogP contribution in [0.5, 0.6) is 5.75 Å². The fraction of sp³-hybridized carbons (Fsp3) is 0.381. The number of hydrogen-bond acceptors (Lipinski definition) is 3. The Kier molecular flexibility index (Phi) is 6.98. The Bertz CT molecular complexity index is 794. The van der Waals surface area contributed by atoms with Crippen molar-refractivity contribution in [2.75, 3.05) is 31.5 Å². The fourth-order valence-electron chi connectivity index (χ4n) is 3.35. The highest BCUT2D eigenvalue weighted by atomic mass is 19.4. The van der Waals surface area contributed by atoms with E-state index in [9.17, 15) is 13.2 Å². The number of benzene rings is 2. The van der Waals surface area contributed by atoms with Gasteiger partial charge in [-0.15, -0.1) is 13.2 Å². The van der Waals surface area contributed by atoms with Gasteiger partial charge in [-0.1, -0.05) is 30.3 Å². The second-order valence-electron chi connectivity index (χ2n) is 7.11. The van der Waals surface area contributed by atoms with Gasteiger partial charge in [0.05, 0.1) is 0 Å². The van der Waals surface area contributed by atoms with Gasteiger partial charge in [0.1, 0.15) is 5.75 Å². The van der Waals surface area contributed by atoms with Gasteiger partial charge in [-0.05, 0) is 55.1 Å². The molecule has 0 radical (unpaired) electrons. The SMILES string of the molecule is NC(=NCC1CCN(CCc2ccccc2)C1)Nc1ccc(OC(F)(F)F)cc1. The molecular weight excluding hydrogens is 381 g/mol. The van der Waals surface area contributed by atoms with E-state index in [-0.39, 0.29) is 11.7 Å². The first-order chi connectivity index (χ1) is 13.9. The van der Waals surface area contributed by atoms with Gasteiger partial charge < -0.3 is 20.7 Å². The predicted octanol–water partition coefficient (Wildman–Crippen LogP) is 3.88. The van der Waals surface area contributed by atoms with Gasteiger partial charge in [0.2, 0.25) is 0 Å². The third kappa shape index (κ3) is 7.30. The zero-order chi connectivity index (χ0) is 20.7. The quantitative estimate of drug-likeness (QED) is 0.541. The number of hydrogen-bond donors (Lipinski definition) is 2. The zero-order valence-corrected chi connectivity index (χ0v) is 16.0. The molecule has 8 heteroatoms. The summed E-state index contributed by atoms with van der Waals surface area (Å²) in [5, 5.41) is 2.89. The number of nitrogens with zero attached hydrogens (tertiary/aromatic N) is 2. The molecule has 0 amide bonds. The van der Waals surface area contributed by atoms with Crippen LogP contribution in [-0.4, -0.2) is 43.4 Å².